The number of nitrogens with two attached hydrogens (primary N) is 2. The van der Waals surface area contributed by atoms with Crippen molar-refractivity contribution in [3.05, 3.63) is 72.9 Å². The summed E-state index contributed by atoms with van der Waals surface area (Å²) >= 11 is 0. The molecule has 0 bridgehead atoms. The number of amides is 2. The van der Waals surface area contributed by atoms with Crippen LogP contribution in [0.15, 0.2) is 72.9 Å². The lowest BCUT2D eigenvalue weighted by Gasteiger charge is -2.27. The van der Waals surface area contributed by atoms with Gasteiger partial charge in [0.15, 0.2) is 0 Å². The van der Waals surface area contributed by atoms with E-state index in [9.17, 15) is 14.4 Å². The van der Waals surface area contributed by atoms with E-state index < -0.39 is 28.7 Å². The molecule has 0 aliphatic heterocycles. The number of carbonyl (C=O) groups excluding carboxylic acids is 2. The Balaban J connectivity index is 4.06. The molecule has 0 heterocycles. The van der Waals surface area contributed by atoms with Crippen molar-refractivity contribution >= 4 is 39.4 Å². The second kappa shape index (κ2) is 23.4. The quantitative estimate of drug-likeness (QED) is 0.0914. The molecule has 0 saturated heterocycles. The van der Waals surface area contributed by atoms with Gasteiger partial charge in [-0.25, -0.2) is 0 Å². The SMILES string of the molecule is CC/C=C\C/C=C\C/C=C\C/C=C\C/C=C\C/C=C\CCC(=O)N[C@@H](CSSC(C)(C)[C@H](N)C(=O)O)C(N)=O. The first kappa shape index (κ1) is 36.5. The predicted octanol–water partition coefficient (Wildman–Crippen LogP) is 6.01. The molecule has 0 radical (unpaired) electrons. The van der Waals surface area contributed by atoms with Crippen LogP contribution in [0.4, 0.5) is 0 Å². The second-order valence-corrected chi connectivity index (χ2v) is 12.3. The highest BCUT2D eigenvalue weighted by molar-refractivity contribution is 8.77. The fraction of sp³-hybridized carbons (Fsp3) is 0.500. The highest BCUT2D eigenvalue weighted by Gasteiger charge is 2.33. The molecule has 218 valence electrons. The summed E-state index contributed by atoms with van der Waals surface area (Å²) in [5.74, 6) is -1.76. The largest absolute Gasteiger partial charge is 0.480 e. The molecule has 0 unspecified atom stereocenters. The van der Waals surface area contributed by atoms with Crippen LogP contribution in [0.3, 0.4) is 0 Å². The summed E-state index contributed by atoms with van der Waals surface area (Å²) in [5.41, 5.74) is 11.1. The molecule has 0 aliphatic rings. The first-order chi connectivity index (χ1) is 18.6. The Bertz CT molecular complexity index is 893. The van der Waals surface area contributed by atoms with Gasteiger partial charge in [0.25, 0.3) is 0 Å². The summed E-state index contributed by atoms with van der Waals surface area (Å²) in [7, 11) is 2.51. The zero-order chi connectivity index (χ0) is 29.4. The molecule has 0 saturated carbocycles. The summed E-state index contributed by atoms with van der Waals surface area (Å²) in [6, 6.07) is -1.89. The van der Waals surface area contributed by atoms with Gasteiger partial charge in [-0.2, -0.15) is 0 Å². The molecule has 0 aromatic rings. The van der Waals surface area contributed by atoms with Crippen LogP contribution in [0, 0.1) is 0 Å². The molecule has 2 amide bonds. The van der Waals surface area contributed by atoms with E-state index in [2.05, 4.69) is 73.0 Å². The molecular weight excluding hydrogens is 530 g/mol. The van der Waals surface area contributed by atoms with Crippen molar-refractivity contribution in [3.63, 3.8) is 0 Å². The van der Waals surface area contributed by atoms with Crippen LogP contribution < -0.4 is 16.8 Å². The molecule has 0 aliphatic carbocycles. The molecule has 9 heteroatoms. The van der Waals surface area contributed by atoms with Gasteiger partial charge in [0.2, 0.25) is 11.8 Å². The minimum Gasteiger partial charge on any atom is -0.480 e. The minimum absolute atomic E-state index is 0.224. The number of hydrogen-bond acceptors (Lipinski definition) is 6. The molecule has 2 atom stereocenters. The van der Waals surface area contributed by atoms with Crippen LogP contribution in [0.1, 0.15) is 72.1 Å². The van der Waals surface area contributed by atoms with Crippen LogP contribution in [0.5, 0.6) is 0 Å². The van der Waals surface area contributed by atoms with Gasteiger partial charge >= 0.3 is 5.97 Å². The van der Waals surface area contributed by atoms with Crippen LogP contribution >= 0.6 is 21.6 Å². The lowest BCUT2D eigenvalue weighted by Crippen LogP contribution is -2.47. The summed E-state index contributed by atoms with van der Waals surface area (Å²) < 4.78 is -0.751. The third kappa shape index (κ3) is 21.1. The van der Waals surface area contributed by atoms with Crippen molar-refractivity contribution in [2.75, 3.05) is 5.75 Å². The maximum Gasteiger partial charge on any atom is 0.321 e. The lowest BCUT2D eigenvalue weighted by molar-refractivity contribution is -0.139. The standard InChI is InChI=1S/C30H47N3O4S2/c1-4-5-6-7-8-9-10-11-12-13-14-15-16-17-18-19-20-21-22-23-26(34)33-25(28(32)35)24-38-39-30(2,3)27(31)29(36)37/h5-6,8-9,11-12,14-15,17-18,20-21,25,27H,4,7,10,13,16,19,22-24,31H2,1-3H3,(H2,32,35)(H,33,34)(H,36,37)/b6-5-,9-8-,12-11-,15-14-,18-17-,21-20-/t25-,27+/m0/s1. The number of carboxylic acids is 1. The van der Waals surface area contributed by atoms with Gasteiger partial charge in [0.1, 0.15) is 12.1 Å². The Morgan fingerprint density at radius 3 is 1.67 bits per heavy atom. The lowest BCUT2D eigenvalue weighted by atomic mass is 10.1. The van der Waals surface area contributed by atoms with E-state index in [4.69, 9.17) is 16.6 Å². The van der Waals surface area contributed by atoms with E-state index in [1.807, 2.05) is 12.2 Å². The van der Waals surface area contributed by atoms with Crippen LogP contribution in [0.2, 0.25) is 0 Å². The van der Waals surface area contributed by atoms with Crippen molar-refractivity contribution in [3.8, 4) is 0 Å². The summed E-state index contributed by atoms with van der Waals surface area (Å²) in [5, 5.41) is 11.7. The number of allylic oxidation sites excluding steroid dienone is 12. The highest BCUT2D eigenvalue weighted by atomic mass is 33.1. The Hall–Kier alpha value is -2.49. The first-order valence-electron chi connectivity index (χ1n) is 13.4. The Labute approximate surface area is 242 Å². The fourth-order valence-corrected chi connectivity index (χ4v) is 5.71. The Morgan fingerprint density at radius 1 is 0.821 bits per heavy atom. The maximum absolute atomic E-state index is 12.2. The average molecular weight is 578 g/mol. The van der Waals surface area contributed by atoms with Gasteiger partial charge in [-0.3, -0.25) is 14.4 Å². The van der Waals surface area contributed by atoms with Crippen molar-refractivity contribution in [2.45, 2.75) is 89.0 Å². The topological polar surface area (TPSA) is 136 Å². The summed E-state index contributed by atoms with van der Waals surface area (Å²) in [4.78, 5) is 35.0. The molecule has 7 nitrogen and oxygen atoms in total. The van der Waals surface area contributed by atoms with Crippen LogP contribution in [0.25, 0.3) is 0 Å². The van der Waals surface area contributed by atoms with Gasteiger partial charge in [0.05, 0.1) is 0 Å². The van der Waals surface area contributed by atoms with E-state index in [1.54, 1.807) is 13.8 Å². The van der Waals surface area contributed by atoms with Crippen molar-refractivity contribution in [1.82, 2.24) is 5.32 Å². The predicted molar refractivity (Wildman–Crippen MR) is 168 cm³/mol. The molecule has 39 heavy (non-hydrogen) atoms. The number of primary amides is 1. The van der Waals surface area contributed by atoms with E-state index in [0.29, 0.717) is 6.42 Å². The average Bonchev–Trinajstić information content (AvgIpc) is 2.88. The zero-order valence-corrected chi connectivity index (χ0v) is 25.2. The second-order valence-electron chi connectivity index (χ2n) is 9.26. The fourth-order valence-electron chi connectivity index (χ4n) is 2.92. The summed E-state index contributed by atoms with van der Waals surface area (Å²) in [6.07, 6.45) is 32.0. The number of carboxylic acid groups (broad SMARTS) is 1. The Morgan fingerprint density at radius 2 is 1.26 bits per heavy atom. The molecular formula is C30H47N3O4S2. The van der Waals surface area contributed by atoms with E-state index in [1.165, 1.54) is 21.6 Å². The van der Waals surface area contributed by atoms with E-state index >= 15 is 0 Å². The molecule has 6 N–H and O–H groups in total. The molecule has 0 spiro atoms. The van der Waals surface area contributed by atoms with Crippen molar-refractivity contribution in [2.24, 2.45) is 11.5 Å². The number of aliphatic carboxylic acids is 1. The van der Waals surface area contributed by atoms with Gasteiger partial charge < -0.3 is 21.9 Å². The van der Waals surface area contributed by atoms with Crippen LogP contribution in [-0.4, -0.2) is 45.5 Å². The third-order valence-corrected chi connectivity index (χ3v) is 8.66. The van der Waals surface area contributed by atoms with Gasteiger partial charge in [-0.1, -0.05) is 101 Å². The minimum atomic E-state index is -1.10. The van der Waals surface area contributed by atoms with Crippen LogP contribution in [-0.2, 0) is 14.4 Å². The first-order valence-corrected chi connectivity index (χ1v) is 15.7. The molecule has 0 aromatic carbocycles. The highest BCUT2D eigenvalue weighted by Crippen LogP contribution is 2.37. The molecule has 0 aromatic heterocycles. The normalized spacial score (nSPS) is 14.5. The molecule has 0 fully saturated rings. The number of hydrogen-bond donors (Lipinski definition) is 4. The van der Waals surface area contributed by atoms with Crippen molar-refractivity contribution < 1.29 is 19.5 Å². The number of carbonyl (C=O) groups is 3. The smallest absolute Gasteiger partial charge is 0.321 e. The van der Waals surface area contributed by atoms with Gasteiger partial charge in [-0.15, -0.1) is 0 Å². The molecule has 0 rings (SSSR count). The van der Waals surface area contributed by atoms with Gasteiger partial charge in [0, 0.05) is 16.9 Å². The monoisotopic (exact) mass is 577 g/mol. The van der Waals surface area contributed by atoms with Crippen molar-refractivity contribution in [1.29, 1.82) is 0 Å². The number of nitrogens with one attached hydrogen (secondary N) is 1. The maximum atomic E-state index is 12.2. The summed E-state index contributed by atoms with van der Waals surface area (Å²) in [6.45, 7) is 5.57. The third-order valence-electron chi connectivity index (χ3n) is 5.34. The zero-order valence-electron chi connectivity index (χ0n) is 23.6. The van der Waals surface area contributed by atoms with Gasteiger partial charge in [-0.05, 0) is 58.8 Å². The van der Waals surface area contributed by atoms with E-state index in [0.717, 1.165) is 38.5 Å². The van der Waals surface area contributed by atoms with E-state index in [-0.39, 0.29) is 18.1 Å². The number of rotatable bonds is 22. The Kier molecular flexibility index (Phi) is 21.9.